The molecule has 0 fully saturated rings. The molecule has 0 aromatic heterocycles. The van der Waals surface area contributed by atoms with Gasteiger partial charge >= 0.3 is 0 Å². The van der Waals surface area contributed by atoms with E-state index in [1.165, 1.54) is 23.1 Å². The Bertz CT molecular complexity index is 560. The van der Waals surface area contributed by atoms with Crippen LogP contribution in [0.5, 0.6) is 0 Å². The van der Waals surface area contributed by atoms with E-state index in [2.05, 4.69) is 20.7 Å². The van der Waals surface area contributed by atoms with Crippen molar-refractivity contribution in [2.24, 2.45) is 0 Å². The summed E-state index contributed by atoms with van der Waals surface area (Å²) < 4.78 is 24.9. The molecule has 0 aliphatic heterocycles. The number of carbonyl (C=O) groups excluding carboxylic acids is 1. The highest BCUT2D eigenvalue weighted by Gasteiger charge is 2.14. The average molecular weight is 356 g/mol. The van der Waals surface area contributed by atoms with Gasteiger partial charge < -0.3 is 4.90 Å². The maximum atomic E-state index is 11.7. The predicted molar refractivity (Wildman–Crippen MR) is 75.8 cm³/mol. The summed E-state index contributed by atoms with van der Waals surface area (Å²) in [4.78, 5) is 13.1. The van der Waals surface area contributed by atoms with Crippen LogP contribution in [-0.2, 0) is 10.0 Å². The zero-order valence-electron chi connectivity index (χ0n) is 9.78. The van der Waals surface area contributed by atoms with Gasteiger partial charge in [0.2, 0.25) is 10.0 Å². The van der Waals surface area contributed by atoms with Crippen molar-refractivity contribution in [3.8, 4) is 0 Å². The number of halogens is 2. The number of rotatable bonds is 4. The van der Waals surface area contributed by atoms with Crippen LogP contribution in [0.4, 0.5) is 5.69 Å². The van der Waals surface area contributed by atoms with Crippen molar-refractivity contribution >= 4 is 49.1 Å². The summed E-state index contributed by atoms with van der Waals surface area (Å²) in [6, 6.07) is 4.42. The Balaban J connectivity index is 3.14. The molecule has 1 N–H and O–H groups in total. The van der Waals surface area contributed by atoms with E-state index in [-0.39, 0.29) is 21.3 Å². The van der Waals surface area contributed by atoms with Crippen LogP contribution in [0.25, 0.3) is 0 Å². The fourth-order valence-electron chi connectivity index (χ4n) is 1.19. The lowest BCUT2D eigenvalue weighted by Gasteiger charge is -2.13. The van der Waals surface area contributed by atoms with Crippen molar-refractivity contribution in [3.05, 3.63) is 28.8 Å². The molecule has 0 unspecified atom stereocenters. The van der Waals surface area contributed by atoms with Crippen molar-refractivity contribution in [1.29, 1.82) is 0 Å². The van der Waals surface area contributed by atoms with Gasteiger partial charge in [0, 0.05) is 19.7 Å². The largest absolute Gasteiger partial charge is 0.345 e. The maximum Gasteiger partial charge on any atom is 0.253 e. The Kier molecular flexibility index (Phi) is 5.01. The molecular formula is C10H12BrClN2O3S. The van der Waals surface area contributed by atoms with E-state index in [0.717, 1.165) is 0 Å². The van der Waals surface area contributed by atoms with Gasteiger partial charge in [0.15, 0.2) is 0 Å². The quantitative estimate of drug-likeness (QED) is 0.842. The molecule has 0 radical (unpaired) electrons. The van der Waals surface area contributed by atoms with E-state index in [1.807, 2.05) is 0 Å². The summed E-state index contributed by atoms with van der Waals surface area (Å²) in [7, 11) is -0.280. The topological polar surface area (TPSA) is 66.5 Å². The van der Waals surface area contributed by atoms with Crippen LogP contribution in [0, 0.1) is 0 Å². The first-order valence-corrected chi connectivity index (χ1v) is 7.99. The molecule has 100 valence electrons. The maximum absolute atomic E-state index is 11.7. The average Bonchev–Trinajstić information content (AvgIpc) is 2.30. The second kappa shape index (κ2) is 5.90. The van der Waals surface area contributed by atoms with Crippen molar-refractivity contribution in [3.63, 3.8) is 0 Å². The number of benzene rings is 1. The van der Waals surface area contributed by atoms with Crippen LogP contribution in [0.3, 0.4) is 0 Å². The number of nitrogens with one attached hydrogen (secondary N) is 1. The molecule has 0 spiro atoms. The normalized spacial score (nSPS) is 11.1. The number of nitrogens with zero attached hydrogens (tertiary/aromatic N) is 1. The molecule has 1 amide bonds. The Morgan fingerprint density at radius 1 is 1.44 bits per heavy atom. The van der Waals surface area contributed by atoms with E-state index in [4.69, 9.17) is 11.6 Å². The van der Waals surface area contributed by atoms with Crippen molar-refractivity contribution in [2.45, 2.75) is 0 Å². The fourth-order valence-corrected chi connectivity index (χ4v) is 2.31. The third-order valence-corrected chi connectivity index (χ3v) is 4.98. The second-order valence-corrected chi connectivity index (χ2v) is 7.15. The van der Waals surface area contributed by atoms with Crippen molar-refractivity contribution < 1.29 is 13.2 Å². The highest BCUT2D eigenvalue weighted by Crippen LogP contribution is 2.24. The lowest BCUT2D eigenvalue weighted by Crippen LogP contribution is -2.22. The van der Waals surface area contributed by atoms with Crippen molar-refractivity contribution in [2.75, 3.05) is 23.5 Å². The van der Waals surface area contributed by atoms with Crippen molar-refractivity contribution in [1.82, 2.24) is 4.90 Å². The van der Waals surface area contributed by atoms with Gasteiger partial charge in [-0.15, -0.1) is 0 Å². The fraction of sp³-hybridized carbons (Fsp3) is 0.300. The number of hydrogen-bond acceptors (Lipinski definition) is 3. The molecule has 0 saturated heterocycles. The molecular weight excluding hydrogens is 344 g/mol. The summed E-state index contributed by atoms with van der Waals surface area (Å²) in [5, 5.41) is 0.231. The minimum absolute atomic E-state index is 0.184. The lowest BCUT2D eigenvalue weighted by atomic mass is 10.2. The van der Waals surface area contributed by atoms with Gasteiger partial charge in [-0.25, -0.2) is 8.42 Å². The number of amides is 1. The Hall–Kier alpha value is -0.790. The van der Waals surface area contributed by atoms with Crippen LogP contribution in [0.1, 0.15) is 10.4 Å². The van der Waals surface area contributed by atoms with Crippen LogP contribution in [-0.4, -0.2) is 38.0 Å². The van der Waals surface area contributed by atoms with E-state index >= 15 is 0 Å². The van der Waals surface area contributed by atoms with Gasteiger partial charge in [-0.05, 0) is 18.2 Å². The molecule has 0 heterocycles. The molecule has 8 heteroatoms. The number of sulfonamides is 1. The molecule has 1 rings (SSSR count). The van der Waals surface area contributed by atoms with Gasteiger partial charge in [0.05, 0.1) is 10.7 Å². The zero-order chi connectivity index (χ0) is 13.9. The summed E-state index contributed by atoms with van der Waals surface area (Å²) >= 11 is 8.73. The van der Waals surface area contributed by atoms with Crippen LogP contribution in [0.2, 0.25) is 5.02 Å². The lowest BCUT2D eigenvalue weighted by molar-refractivity contribution is 0.0827. The number of alkyl halides is 1. The SMILES string of the molecule is CN(C)C(=O)c1ccc(Cl)c(NS(=O)(=O)CBr)c1. The van der Waals surface area contributed by atoms with E-state index < -0.39 is 10.0 Å². The molecule has 0 saturated carbocycles. The number of hydrogen-bond donors (Lipinski definition) is 1. The first kappa shape index (κ1) is 15.3. The Morgan fingerprint density at radius 2 is 2.06 bits per heavy atom. The van der Waals surface area contributed by atoms with Crippen LogP contribution >= 0.6 is 27.5 Å². The Morgan fingerprint density at radius 3 is 2.56 bits per heavy atom. The number of carbonyl (C=O) groups is 1. The van der Waals surface area contributed by atoms with Crippen LogP contribution in [0.15, 0.2) is 18.2 Å². The van der Waals surface area contributed by atoms with Gasteiger partial charge in [-0.1, -0.05) is 27.5 Å². The Labute approximate surface area is 119 Å². The van der Waals surface area contributed by atoms with Gasteiger partial charge in [0.25, 0.3) is 5.91 Å². The third-order valence-electron chi connectivity index (χ3n) is 2.03. The molecule has 5 nitrogen and oxygen atoms in total. The summed E-state index contributed by atoms with van der Waals surface area (Å²) in [5.74, 6) is -0.231. The van der Waals surface area contributed by atoms with Gasteiger partial charge in [-0.3, -0.25) is 9.52 Å². The minimum Gasteiger partial charge on any atom is -0.345 e. The summed E-state index contributed by atoms with van der Waals surface area (Å²) in [5.41, 5.74) is 0.542. The highest BCUT2D eigenvalue weighted by molar-refractivity contribution is 9.10. The smallest absolute Gasteiger partial charge is 0.253 e. The molecule has 0 aliphatic carbocycles. The summed E-state index contributed by atoms with van der Waals surface area (Å²) in [6.07, 6.45) is 0. The van der Waals surface area contributed by atoms with E-state index in [9.17, 15) is 13.2 Å². The molecule has 0 aliphatic rings. The molecule has 0 bridgehead atoms. The summed E-state index contributed by atoms with van der Waals surface area (Å²) in [6.45, 7) is 0. The predicted octanol–water partition coefficient (Wildman–Crippen LogP) is 2.14. The molecule has 18 heavy (non-hydrogen) atoms. The molecule has 0 atom stereocenters. The van der Waals surface area contributed by atoms with E-state index in [0.29, 0.717) is 5.56 Å². The van der Waals surface area contributed by atoms with E-state index in [1.54, 1.807) is 14.1 Å². The standard InChI is InChI=1S/C10H12BrClN2O3S/c1-14(2)10(15)7-3-4-8(12)9(5-7)13-18(16,17)6-11/h3-5,13H,6H2,1-2H3. The monoisotopic (exact) mass is 354 g/mol. The first-order chi connectivity index (χ1) is 8.26. The van der Waals surface area contributed by atoms with Crippen LogP contribution < -0.4 is 4.72 Å². The highest BCUT2D eigenvalue weighted by atomic mass is 79.9. The molecule has 1 aromatic rings. The van der Waals surface area contributed by atoms with Gasteiger partial charge in [-0.2, -0.15) is 0 Å². The second-order valence-electron chi connectivity index (χ2n) is 3.72. The molecule has 1 aromatic carbocycles. The van der Waals surface area contributed by atoms with Gasteiger partial charge in [0.1, 0.15) is 4.66 Å². The first-order valence-electron chi connectivity index (χ1n) is 4.84. The number of anilines is 1. The third kappa shape index (κ3) is 3.86. The zero-order valence-corrected chi connectivity index (χ0v) is 12.9. The minimum atomic E-state index is -3.50.